The molecule has 1 aliphatic heterocycles. The van der Waals surface area contributed by atoms with E-state index in [0.29, 0.717) is 30.6 Å². The molecule has 3 aromatic rings. The van der Waals surface area contributed by atoms with Crippen LogP contribution in [0.15, 0.2) is 48.5 Å². The van der Waals surface area contributed by atoms with Gasteiger partial charge < -0.3 is 9.64 Å². The summed E-state index contributed by atoms with van der Waals surface area (Å²) in [5.74, 6) is -2.10. The van der Waals surface area contributed by atoms with Gasteiger partial charge in [-0.25, -0.2) is 13.2 Å². The highest BCUT2D eigenvalue weighted by molar-refractivity contribution is 5.94. The molecule has 158 valence electrons. The second kappa shape index (κ2) is 9.47. The fourth-order valence-corrected chi connectivity index (χ4v) is 3.10. The van der Waals surface area contributed by atoms with Crippen molar-refractivity contribution in [3.8, 4) is 5.88 Å². The normalized spacial score (nSPS) is 12.6. The Morgan fingerprint density at radius 2 is 1.80 bits per heavy atom. The Hall–Kier alpha value is -3.29. The summed E-state index contributed by atoms with van der Waals surface area (Å²) < 4.78 is 47.5. The third kappa shape index (κ3) is 4.82. The van der Waals surface area contributed by atoms with Gasteiger partial charge in [0.1, 0.15) is 24.1 Å². The number of carbonyl (C=O) groups excluding carboxylic acids is 1. The van der Waals surface area contributed by atoms with E-state index in [9.17, 15) is 18.0 Å². The molecule has 2 heterocycles. The number of hydrogen-bond donors (Lipinski definition) is 0. The molecular formula is C22H22F3N3O2. The molecule has 0 radical (unpaired) electrons. The van der Waals surface area contributed by atoms with Crippen LogP contribution in [0.1, 0.15) is 35.5 Å². The van der Waals surface area contributed by atoms with E-state index in [1.807, 2.05) is 13.8 Å². The minimum Gasteiger partial charge on any atom is -0.472 e. The van der Waals surface area contributed by atoms with Crippen molar-refractivity contribution in [2.24, 2.45) is 0 Å². The summed E-state index contributed by atoms with van der Waals surface area (Å²) in [7, 11) is 0. The van der Waals surface area contributed by atoms with Crippen molar-refractivity contribution >= 4 is 5.91 Å². The van der Waals surface area contributed by atoms with E-state index in [1.54, 1.807) is 22.9 Å². The zero-order valence-corrected chi connectivity index (χ0v) is 16.7. The summed E-state index contributed by atoms with van der Waals surface area (Å²) in [6, 6.07) is 10.7. The molecule has 0 saturated heterocycles. The van der Waals surface area contributed by atoms with Gasteiger partial charge in [-0.05, 0) is 29.8 Å². The van der Waals surface area contributed by atoms with E-state index < -0.39 is 17.5 Å². The quantitative estimate of drug-likeness (QED) is 0.625. The second-order valence-corrected chi connectivity index (χ2v) is 6.47. The van der Waals surface area contributed by atoms with Crippen molar-refractivity contribution < 1.29 is 22.7 Å². The molecule has 1 aliphatic rings. The zero-order valence-electron chi connectivity index (χ0n) is 16.7. The van der Waals surface area contributed by atoms with Crippen LogP contribution in [0.3, 0.4) is 0 Å². The van der Waals surface area contributed by atoms with Crippen LogP contribution < -0.4 is 4.74 Å². The monoisotopic (exact) mass is 417 g/mol. The molecule has 2 aromatic carbocycles. The highest BCUT2D eigenvalue weighted by Crippen LogP contribution is 2.21. The van der Waals surface area contributed by atoms with E-state index >= 15 is 0 Å². The third-order valence-corrected chi connectivity index (χ3v) is 4.50. The molecule has 8 heteroatoms. The fourth-order valence-electron chi connectivity index (χ4n) is 3.10. The Morgan fingerprint density at radius 3 is 2.53 bits per heavy atom. The molecule has 0 bridgehead atoms. The maximum atomic E-state index is 13.9. The largest absolute Gasteiger partial charge is 0.472 e. The maximum absolute atomic E-state index is 13.9. The molecule has 30 heavy (non-hydrogen) atoms. The summed E-state index contributed by atoms with van der Waals surface area (Å²) in [6.45, 7) is 5.16. The van der Waals surface area contributed by atoms with Crippen molar-refractivity contribution in [2.75, 3.05) is 6.54 Å². The molecule has 0 unspecified atom stereocenters. The SMILES string of the molecule is CC.O=C(c1ccc(F)cc1F)N1CCn2nc(OCc3cccc(F)c3)cc2C1. The fraction of sp³-hybridized carbons (Fsp3) is 0.273. The Labute approximate surface area is 172 Å². The van der Waals surface area contributed by atoms with Crippen LogP contribution in [0.5, 0.6) is 5.88 Å². The summed E-state index contributed by atoms with van der Waals surface area (Å²) >= 11 is 0. The highest BCUT2D eigenvalue weighted by atomic mass is 19.1. The standard InChI is InChI=1S/C20H16F3N3O2.C2H6/c21-14-3-1-2-13(8-14)12-28-19-10-16-11-25(6-7-26(16)24-19)20(27)17-5-4-15(22)9-18(17)23;1-2/h1-5,8-10H,6-7,11-12H2;1-2H3. The van der Waals surface area contributed by atoms with E-state index in [4.69, 9.17) is 4.74 Å². The minimum absolute atomic E-state index is 0.164. The van der Waals surface area contributed by atoms with Crippen LogP contribution in [0, 0.1) is 17.5 Å². The average Bonchev–Trinajstić information content (AvgIpc) is 3.15. The molecule has 1 aromatic heterocycles. The third-order valence-electron chi connectivity index (χ3n) is 4.50. The van der Waals surface area contributed by atoms with Crippen molar-refractivity contribution in [3.63, 3.8) is 0 Å². The van der Waals surface area contributed by atoms with Crippen molar-refractivity contribution in [3.05, 3.63) is 82.8 Å². The highest BCUT2D eigenvalue weighted by Gasteiger charge is 2.25. The summed E-state index contributed by atoms with van der Waals surface area (Å²) in [5, 5.41) is 4.32. The first-order valence-electron chi connectivity index (χ1n) is 9.68. The maximum Gasteiger partial charge on any atom is 0.257 e. The number of benzene rings is 2. The van der Waals surface area contributed by atoms with Crippen LogP contribution in [0.4, 0.5) is 13.2 Å². The molecule has 0 atom stereocenters. The lowest BCUT2D eigenvalue weighted by Crippen LogP contribution is -2.38. The number of halogens is 3. The molecule has 4 rings (SSSR count). The first-order valence-corrected chi connectivity index (χ1v) is 9.68. The van der Waals surface area contributed by atoms with Crippen molar-refractivity contribution in [1.29, 1.82) is 0 Å². The molecule has 0 fully saturated rings. The molecule has 5 nitrogen and oxygen atoms in total. The number of nitrogens with zero attached hydrogens (tertiary/aromatic N) is 3. The van der Waals surface area contributed by atoms with Gasteiger partial charge in [0.25, 0.3) is 5.91 Å². The van der Waals surface area contributed by atoms with Gasteiger partial charge >= 0.3 is 0 Å². The van der Waals surface area contributed by atoms with Crippen LogP contribution in [-0.2, 0) is 19.7 Å². The Bertz CT molecular complexity index is 1040. The number of rotatable bonds is 4. The van der Waals surface area contributed by atoms with Crippen molar-refractivity contribution in [2.45, 2.75) is 33.5 Å². The number of hydrogen-bond acceptors (Lipinski definition) is 3. The second-order valence-electron chi connectivity index (χ2n) is 6.47. The Kier molecular flexibility index (Phi) is 6.76. The van der Waals surface area contributed by atoms with Gasteiger partial charge in [-0.2, -0.15) is 0 Å². The molecule has 0 N–H and O–H groups in total. The van der Waals surface area contributed by atoms with E-state index in [-0.39, 0.29) is 24.5 Å². The van der Waals surface area contributed by atoms with Gasteiger partial charge in [-0.15, -0.1) is 5.10 Å². The number of fused-ring (bicyclic) bond motifs is 1. The lowest BCUT2D eigenvalue weighted by Gasteiger charge is -2.27. The van der Waals surface area contributed by atoms with Crippen molar-refractivity contribution in [1.82, 2.24) is 14.7 Å². The average molecular weight is 417 g/mol. The lowest BCUT2D eigenvalue weighted by molar-refractivity contribution is 0.0701. The predicted octanol–water partition coefficient (Wildman–Crippen LogP) is 4.56. The molecule has 1 amide bonds. The lowest BCUT2D eigenvalue weighted by atomic mass is 10.1. The predicted molar refractivity (Wildman–Crippen MR) is 105 cm³/mol. The van der Waals surface area contributed by atoms with E-state index in [0.717, 1.165) is 17.8 Å². The van der Waals surface area contributed by atoms with Crippen LogP contribution in [0.2, 0.25) is 0 Å². The smallest absolute Gasteiger partial charge is 0.257 e. The zero-order chi connectivity index (χ0) is 21.7. The number of ether oxygens (including phenoxy) is 1. The summed E-state index contributed by atoms with van der Waals surface area (Å²) in [6.07, 6.45) is 0. The number of aromatic nitrogens is 2. The van der Waals surface area contributed by atoms with Gasteiger partial charge in [0.2, 0.25) is 5.88 Å². The van der Waals surface area contributed by atoms with E-state index in [1.165, 1.54) is 17.0 Å². The Morgan fingerprint density at radius 1 is 1.03 bits per heavy atom. The summed E-state index contributed by atoms with van der Waals surface area (Å²) in [5.41, 5.74) is 1.24. The van der Waals surface area contributed by atoms with Gasteiger partial charge in [0.05, 0.1) is 24.3 Å². The summed E-state index contributed by atoms with van der Waals surface area (Å²) in [4.78, 5) is 14.0. The molecule has 0 spiro atoms. The van der Waals surface area contributed by atoms with Crippen LogP contribution in [-0.4, -0.2) is 27.1 Å². The first kappa shape index (κ1) is 21.4. The minimum atomic E-state index is -0.886. The van der Waals surface area contributed by atoms with Gasteiger partial charge in [-0.1, -0.05) is 26.0 Å². The van der Waals surface area contributed by atoms with Gasteiger partial charge in [-0.3, -0.25) is 9.48 Å². The molecular weight excluding hydrogens is 395 g/mol. The molecule has 0 aliphatic carbocycles. The Balaban J connectivity index is 0.00000124. The molecule has 0 saturated carbocycles. The van der Waals surface area contributed by atoms with Gasteiger partial charge in [0.15, 0.2) is 0 Å². The van der Waals surface area contributed by atoms with E-state index in [2.05, 4.69) is 5.10 Å². The first-order chi connectivity index (χ1) is 14.5. The van der Waals surface area contributed by atoms with Crippen LogP contribution >= 0.6 is 0 Å². The van der Waals surface area contributed by atoms with Gasteiger partial charge in [0, 0.05) is 18.7 Å². The van der Waals surface area contributed by atoms with Crippen LogP contribution in [0.25, 0.3) is 0 Å². The topological polar surface area (TPSA) is 47.4 Å². The number of amides is 1. The number of carbonyl (C=O) groups is 1.